The van der Waals surface area contributed by atoms with Crippen LogP contribution in [0.5, 0.6) is 0 Å². The smallest absolute Gasteiger partial charge is 0.252 e. The molecule has 20 heteroatoms. The van der Waals surface area contributed by atoms with Crippen LogP contribution in [0.2, 0.25) is 5.02 Å². The zero-order chi connectivity index (χ0) is 42.1. The van der Waals surface area contributed by atoms with Gasteiger partial charge >= 0.3 is 0 Å². The first kappa shape index (κ1) is 45.4. The van der Waals surface area contributed by atoms with Gasteiger partial charge in [-0.25, -0.2) is 40.1 Å². The van der Waals surface area contributed by atoms with Gasteiger partial charge in [0.15, 0.2) is 17.5 Å². The molecule has 2 unspecified atom stereocenters. The van der Waals surface area contributed by atoms with Crippen molar-refractivity contribution in [1.82, 2.24) is 4.98 Å². The number of carbonyl (C=O) groups excluding carboxylic acids is 2. The molecule has 0 aliphatic carbocycles. The van der Waals surface area contributed by atoms with Crippen LogP contribution in [0.4, 0.5) is 57.9 Å². The van der Waals surface area contributed by atoms with Crippen molar-refractivity contribution in [3.8, 4) is 0 Å². The molecule has 3 aromatic carbocycles. The molecule has 308 valence electrons. The highest BCUT2D eigenvalue weighted by molar-refractivity contribution is 7.97. The van der Waals surface area contributed by atoms with Crippen molar-refractivity contribution >= 4 is 70.1 Å². The predicted molar refractivity (Wildman–Crippen MR) is 208 cm³/mol. The minimum absolute atomic E-state index is 0.0590. The molecule has 3 heterocycles. The van der Waals surface area contributed by atoms with Gasteiger partial charge in [-0.2, -0.15) is 0 Å². The summed E-state index contributed by atoms with van der Waals surface area (Å²) in [5.74, 6) is -12.8. The van der Waals surface area contributed by atoms with Crippen LogP contribution in [0.3, 0.4) is 0 Å². The quantitative estimate of drug-likeness (QED) is 0.0778. The Hall–Kier alpha value is -4.30. The average molecular weight is 864 g/mol. The maximum Gasteiger partial charge on any atom is 0.252 e. The number of hydrogen-bond acceptors (Lipinski definition) is 9. The third-order valence-corrected chi connectivity index (χ3v) is 9.98. The molecule has 2 saturated heterocycles. The number of alkyl halides is 4. The second-order valence-electron chi connectivity index (χ2n) is 12.5. The lowest BCUT2D eigenvalue weighted by molar-refractivity contribution is -0.122. The molecule has 0 bridgehead atoms. The average Bonchev–Trinajstić information content (AvgIpc) is 3.18. The number of nitrogens with two attached hydrogens (primary N) is 2. The van der Waals surface area contributed by atoms with Gasteiger partial charge in [0, 0.05) is 61.2 Å². The standard InChI is InChI=1S/C18H16F5N3OS.C17H16ClF3N4OS.C2H6/c19-12-4-5-13(16(21)15(12)20)26-7-6-18(22,23)9-14(26)17(27)25-10-2-1-3-11(8-10)28-24;18-12-7-10(19)1-2-13(12)25-6-4-17(20,21)9-14(25)16(26)24-11-3-5-23-15(8-11)27-22;1-2/h1-5,8,14H,6-7,9,24H2,(H,25,27);1-3,5,7-8,14H,4,6,9,22H2,(H,23,24,26);1-2H3. The van der Waals surface area contributed by atoms with Crippen LogP contribution in [0, 0.1) is 23.3 Å². The normalized spacial score (nSPS) is 18.3. The van der Waals surface area contributed by atoms with Crippen LogP contribution in [-0.2, 0) is 9.59 Å². The highest BCUT2D eigenvalue weighted by atomic mass is 35.5. The fourth-order valence-electron chi connectivity index (χ4n) is 6.02. The van der Waals surface area contributed by atoms with Crippen LogP contribution in [-0.4, -0.2) is 53.8 Å². The van der Waals surface area contributed by atoms with Crippen molar-refractivity contribution in [1.29, 1.82) is 0 Å². The molecule has 6 rings (SSSR count). The molecule has 2 fully saturated rings. The highest BCUT2D eigenvalue weighted by Gasteiger charge is 2.45. The van der Waals surface area contributed by atoms with E-state index in [2.05, 4.69) is 15.6 Å². The SMILES string of the molecule is CC.NSc1cc(NC(=O)C2CC(F)(F)CCN2c2ccc(F)cc2Cl)ccn1.NSc1cccc(NC(=O)C2CC(F)(F)CCN2c2ccc(F)c(F)c2F)c1. The monoisotopic (exact) mass is 863 g/mol. The Morgan fingerprint density at radius 3 is 1.88 bits per heavy atom. The zero-order valence-electron chi connectivity index (χ0n) is 30.4. The Balaban J connectivity index is 0.000000242. The fourth-order valence-corrected chi connectivity index (χ4v) is 6.96. The number of amides is 2. The molecule has 57 heavy (non-hydrogen) atoms. The van der Waals surface area contributed by atoms with Crippen molar-refractivity contribution in [3.05, 3.63) is 101 Å². The summed E-state index contributed by atoms with van der Waals surface area (Å²) in [6, 6.07) is 12.1. The Bertz CT molecular complexity index is 2040. The van der Waals surface area contributed by atoms with Crippen LogP contribution < -0.4 is 30.7 Å². The number of piperidine rings is 2. The molecule has 2 atom stereocenters. The number of rotatable bonds is 8. The van der Waals surface area contributed by atoms with E-state index >= 15 is 0 Å². The first-order valence-corrected chi connectivity index (χ1v) is 19.4. The topological polar surface area (TPSA) is 130 Å². The lowest BCUT2D eigenvalue weighted by Gasteiger charge is -2.40. The summed E-state index contributed by atoms with van der Waals surface area (Å²) in [4.78, 5) is 32.6. The van der Waals surface area contributed by atoms with Gasteiger partial charge in [0.2, 0.25) is 11.8 Å². The summed E-state index contributed by atoms with van der Waals surface area (Å²) < 4.78 is 110. The maximum atomic E-state index is 14.2. The summed E-state index contributed by atoms with van der Waals surface area (Å²) in [5, 5.41) is 16.5. The minimum Gasteiger partial charge on any atom is -0.358 e. The van der Waals surface area contributed by atoms with Crippen LogP contribution in [0.1, 0.15) is 39.5 Å². The minimum atomic E-state index is -3.15. The number of carbonyl (C=O) groups is 2. The number of nitrogens with one attached hydrogen (secondary N) is 2. The number of nitrogens with zero attached hydrogens (tertiary/aromatic N) is 3. The Morgan fingerprint density at radius 2 is 1.32 bits per heavy atom. The van der Waals surface area contributed by atoms with Gasteiger partial charge in [-0.05, 0) is 84.6 Å². The van der Waals surface area contributed by atoms with E-state index in [-0.39, 0.29) is 11.6 Å². The summed E-state index contributed by atoms with van der Waals surface area (Å²) in [5.41, 5.74) is 0.601. The second kappa shape index (κ2) is 19.9. The lowest BCUT2D eigenvalue weighted by atomic mass is 9.96. The summed E-state index contributed by atoms with van der Waals surface area (Å²) in [6.07, 6.45) is -1.17. The van der Waals surface area contributed by atoms with Crippen molar-refractivity contribution < 1.29 is 44.7 Å². The highest BCUT2D eigenvalue weighted by Crippen LogP contribution is 2.39. The number of anilines is 4. The first-order chi connectivity index (χ1) is 27.0. The largest absolute Gasteiger partial charge is 0.358 e. The van der Waals surface area contributed by atoms with Crippen molar-refractivity contribution in [2.75, 3.05) is 33.5 Å². The number of pyridine rings is 1. The van der Waals surface area contributed by atoms with Crippen LogP contribution in [0.15, 0.2) is 82.8 Å². The number of hydrogen-bond donors (Lipinski definition) is 4. The van der Waals surface area contributed by atoms with E-state index < -0.39 is 96.9 Å². The predicted octanol–water partition coefficient (Wildman–Crippen LogP) is 9.42. The zero-order valence-corrected chi connectivity index (χ0v) is 32.7. The maximum absolute atomic E-state index is 14.2. The summed E-state index contributed by atoms with van der Waals surface area (Å²) in [6.45, 7) is 3.52. The molecule has 9 nitrogen and oxygen atoms in total. The van der Waals surface area contributed by atoms with Gasteiger partial charge in [-0.1, -0.05) is 31.5 Å². The fraction of sp³-hybridized carbons (Fsp3) is 0.324. The Labute approximate surface area is 337 Å². The number of halogens is 9. The van der Waals surface area contributed by atoms with E-state index in [4.69, 9.17) is 21.9 Å². The van der Waals surface area contributed by atoms with E-state index in [0.717, 1.165) is 40.9 Å². The molecule has 0 spiro atoms. The third-order valence-electron chi connectivity index (χ3n) is 8.68. The summed E-state index contributed by atoms with van der Waals surface area (Å²) >= 11 is 7.92. The van der Waals surface area contributed by atoms with Gasteiger partial charge in [0.1, 0.15) is 22.9 Å². The van der Waals surface area contributed by atoms with Gasteiger partial charge in [-0.15, -0.1) is 0 Å². The Morgan fingerprint density at radius 1 is 0.754 bits per heavy atom. The van der Waals surface area contributed by atoms with E-state index in [9.17, 15) is 44.7 Å². The van der Waals surface area contributed by atoms with E-state index in [1.807, 2.05) is 13.8 Å². The molecule has 4 aromatic rings. The van der Waals surface area contributed by atoms with Gasteiger partial charge in [-0.3, -0.25) is 19.9 Å². The molecule has 2 amide bonds. The third kappa shape index (κ3) is 11.9. The molecule has 2 aliphatic heterocycles. The first-order valence-electron chi connectivity index (χ1n) is 17.3. The van der Waals surface area contributed by atoms with Gasteiger partial charge in [0.25, 0.3) is 11.8 Å². The molecule has 2 aliphatic rings. The van der Waals surface area contributed by atoms with Crippen LogP contribution in [0.25, 0.3) is 0 Å². The van der Waals surface area contributed by atoms with Gasteiger partial charge in [0.05, 0.1) is 16.4 Å². The summed E-state index contributed by atoms with van der Waals surface area (Å²) in [7, 11) is 0. The molecular weight excluding hydrogens is 826 g/mol. The lowest BCUT2D eigenvalue weighted by Crippen LogP contribution is -2.53. The molecular formula is C37H38ClF8N7O2S2. The van der Waals surface area contributed by atoms with Crippen molar-refractivity contribution in [2.24, 2.45) is 10.3 Å². The molecule has 1 aromatic heterocycles. The van der Waals surface area contributed by atoms with E-state index in [0.29, 0.717) is 33.0 Å². The second-order valence-corrected chi connectivity index (χ2v) is 14.2. The van der Waals surface area contributed by atoms with E-state index in [1.165, 1.54) is 29.3 Å². The van der Waals surface area contributed by atoms with Crippen molar-refractivity contribution in [2.45, 2.75) is 73.4 Å². The molecule has 0 radical (unpaired) electrons. The van der Waals surface area contributed by atoms with Gasteiger partial charge < -0.3 is 20.4 Å². The molecule has 6 N–H and O–H groups in total. The Kier molecular flexibility index (Phi) is 15.9. The van der Waals surface area contributed by atoms with Crippen LogP contribution >= 0.6 is 35.5 Å². The molecule has 0 saturated carbocycles. The number of benzene rings is 3. The number of aromatic nitrogens is 1. The van der Waals surface area contributed by atoms with Crippen molar-refractivity contribution in [3.63, 3.8) is 0 Å². The van der Waals surface area contributed by atoms with E-state index in [1.54, 1.807) is 30.3 Å².